The van der Waals surface area contributed by atoms with Crippen LogP contribution >= 0.6 is 0 Å². The molecule has 0 heterocycles. The number of carboxylic acids is 1. The SMILES string of the molecule is C=COC(COC(C)CC=C(C)C(=O)O)OCC. The zero-order valence-electron chi connectivity index (χ0n) is 11.2. The summed E-state index contributed by atoms with van der Waals surface area (Å²) >= 11 is 0. The molecule has 0 spiro atoms. The summed E-state index contributed by atoms with van der Waals surface area (Å²) in [6, 6.07) is 0. The maximum atomic E-state index is 10.6. The van der Waals surface area contributed by atoms with Crippen molar-refractivity contribution in [3.63, 3.8) is 0 Å². The molecule has 5 nitrogen and oxygen atoms in total. The molecule has 0 bridgehead atoms. The average molecular weight is 258 g/mol. The quantitative estimate of drug-likeness (QED) is 0.370. The van der Waals surface area contributed by atoms with Gasteiger partial charge in [0.15, 0.2) is 0 Å². The molecule has 0 aromatic rings. The van der Waals surface area contributed by atoms with Crippen LogP contribution in [0.5, 0.6) is 0 Å². The number of carbonyl (C=O) groups is 1. The molecule has 0 aliphatic heterocycles. The van der Waals surface area contributed by atoms with Gasteiger partial charge in [-0.2, -0.15) is 0 Å². The number of carboxylic acid groups (broad SMARTS) is 1. The van der Waals surface area contributed by atoms with Gasteiger partial charge in [-0.25, -0.2) is 4.79 Å². The van der Waals surface area contributed by atoms with Gasteiger partial charge in [-0.1, -0.05) is 12.7 Å². The fourth-order valence-corrected chi connectivity index (χ4v) is 1.16. The third kappa shape index (κ3) is 7.86. The third-order valence-corrected chi connectivity index (χ3v) is 2.21. The molecule has 1 N–H and O–H groups in total. The predicted octanol–water partition coefficient (Wildman–Crippen LogP) is 2.34. The molecule has 0 aliphatic rings. The van der Waals surface area contributed by atoms with E-state index in [1.807, 2.05) is 13.8 Å². The molecule has 0 saturated carbocycles. The highest BCUT2D eigenvalue weighted by Crippen LogP contribution is 2.05. The van der Waals surface area contributed by atoms with Crippen LogP contribution in [0.3, 0.4) is 0 Å². The van der Waals surface area contributed by atoms with Crippen molar-refractivity contribution in [1.82, 2.24) is 0 Å². The highest BCUT2D eigenvalue weighted by molar-refractivity contribution is 5.85. The van der Waals surface area contributed by atoms with Gasteiger partial charge in [0.05, 0.1) is 12.4 Å². The van der Waals surface area contributed by atoms with Crippen LogP contribution in [0, 0.1) is 0 Å². The lowest BCUT2D eigenvalue weighted by molar-refractivity contribution is -0.148. The van der Waals surface area contributed by atoms with Crippen molar-refractivity contribution in [2.24, 2.45) is 0 Å². The third-order valence-electron chi connectivity index (χ3n) is 2.21. The first kappa shape index (κ1) is 16.7. The van der Waals surface area contributed by atoms with E-state index < -0.39 is 12.3 Å². The smallest absolute Gasteiger partial charge is 0.330 e. The highest BCUT2D eigenvalue weighted by atomic mass is 16.7. The van der Waals surface area contributed by atoms with Crippen molar-refractivity contribution < 1.29 is 24.1 Å². The monoisotopic (exact) mass is 258 g/mol. The van der Waals surface area contributed by atoms with Gasteiger partial charge in [-0.05, 0) is 27.2 Å². The van der Waals surface area contributed by atoms with Crippen LogP contribution in [0.15, 0.2) is 24.5 Å². The highest BCUT2D eigenvalue weighted by Gasteiger charge is 2.10. The lowest BCUT2D eigenvalue weighted by Crippen LogP contribution is -2.24. The molecule has 0 radical (unpaired) electrons. The van der Waals surface area contributed by atoms with Gasteiger partial charge in [0.25, 0.3) is 0 Å². The van der Waals surface area contributed by atoms with Crippen LogP contribution in [-0.2, 0) is 19.0 Å². The normalized spacial score (nSPS) is 14.9. The van der Waals surface area contributed by atoms with E-state index in [0.29, 0.717) is 18.6 Å². The first-order valence-corrected chi connectivity index (χ1v) is 5.90. The van der Waals surface area contributed by atoms with E-state index in [2.05, 4.69) is 6.58 Å². The summed E-state index contributed by atoms with van der Waals surface area (Å²) in [5.74, 6) is -0.913. The van der Waals surface area contributed by atoms with Gasteiger partial charge in [0.2, 0.25) is 6.29 Å². The van der Waals surface area contributed by atoms with Crippen LogP contribution in [0.2, 0.25) is 0 Å². The molecule has 2 atom stereocenters. The Labute approximate surface area is 108 Å². The second-order valence-electron chi connectivity index (χ2n) is 3.76. The maximum absolute atomic E-state index is 10.6. The molecule has 0 aliphatic carbocycles. The lowest BCUT2D eigenvalue weighted by atomic mass is 10.2. The van der Waals surface area contributed by atoms with E-state index >= 15 is 0 Å². The first-order chi connectivity index (χ1) is 8.51. The number of ether oxygens (including phenoxy) is 3. The lowest BCUT2D eigenvalue weighted by Gasteiger charge is -2.19. The standard InChI is InChI=1S/C13H22O5/c1-5-16-12(17-6-2)9-18-11(4)8-7-10(3)13(14)15/h5,7,11-12H,1,6,8-9H2,2-4H3,(H,14,15). The van der Waals surface area contributed by atoms with Gasteiger partial charge in [-0.3, -0.25) is 0 Å². The second-order valence-corrected chi connectivity index (χ2v) is 3.76. The predicted molar refractivity (Wildman–Crippen MR) is 68.1 cm³/mol. The molecule has 18 heavy (non-hydrogen) atoms. The summed E-state index contributed by atoms with van der Waals surface area (Å²) in [4.78, 5) is 10.6. The molecule has 0 aromatic carbocycles. The number of rotatable bonds is 10. The maximum Gasteiger partial charge on any atom is 0.330 e. The van der Waals surface area contributed by atoms with E-state index in [0.717, 1.165) is 0 Å². The molecule has 0 rings (SSSR count). The van der Waals surface area contributed by atoms with Crippen LogP contribution in [0.1, 0.15) is 27.2 Å². The molecule has 0 aromatic heterocycles. The molecule has 0 amide bonds. The van der Waals surface area contributed by atoms with Crippen molar-refractivity contribution in [2.75, 3.05) is 13.2 Å². The van der Waals surface area contributed by atoms with Crippen LogP contribution < -0.4 is 0 Å². The van der Waals surface area contributed by atoms with Crippen LogP contribution in [0.25, 0.3) is 0 Å². The van der Waals surface area contributed by atoms with Gasteiger partial charge in [-0.15, -0.1) is 0 Å². The second kappa shape index (κ2) is 9.67. The summed E-state index contributed by atoms with van der Waals surface area (Å²) < 4.78 is 15.9. The molecular formula is C13H22O5. The summed E-state index contributed by atoms with van der Waals surface area (Å²) in [6.07, 6.45) is 2.90. The van der Waals surface area contributed by atoms with Crippen LogP contribution in [0.4, 0.5) is 0 Å². The van der Waals surface area contributed by atoms with E-state index in [1.165, 1.54) is 6.26 Å². The Hall–Kier alpha value is -1.33. The fourth-order valence-electron chi connectivity index (χ4n) is 1.16. The summed E-state index contributed by atoms with van der Waals surface area (Å²) in [7, 11) is 0. The number of hydrogen-bond acceptors (Lipinski definition) is 4. The summed E-state index contributed by atoms with van der Waals surface area (Å²) in [6.45, 7) is 9.54. The van der Waals surface area contributed by atoms with Crippen molar-refractivity contribution in [3.8, 4) is 0 Å². The van der Waals surface area contributed by atoms with E-state index in [4.69, 9.17) is 19.3 Å². The van der Waals surface area contributed by atoms with Gasteiger partial charge in [0, 0.05) is 12.2 Å². The number of aliphatic carboxylic acids is 1. The Morgan fingerprint density at radius 3 is 2.61 bits per heavy atom. The zero-order chi connectivity index (χ0) is 14.0. The largest absolute Gasteiger partial charge is 0.478 e. The topological polar surface area (TPSA) is 65.0 Å². The van der Waals surface area contributed by atoms with Crippen molar-refractivity contribution in [3.05, 3.63) is 24.5 Å². The molecule has 5 heteroatoms. The van der Waals surface area contributed by atoms with Gasteiger partial charge in [0.1, 0.15) is 6.61 Å². The van der Waals surface area contributed by atoms with Gasteiger partial charge < -0.3 is 19.3 Å². The minimum absolute atomic E-state index is 0.101. The van der Waals surface area contributed by atoms with Crippen molar-refractivity contribution in [2.45, 2.75) is 39.6 Å². The minimum atomic E-state index is -0.913. The molecular weight excluding hydrogens is 236 g/mol. The average Bonchev–Trinajstić information content (AvgIpc) is 2.33. The Morgan fingerprint density at radius 1 is 1.44 bits per heavy atom. The zero-order valence-corrected chi connectivity index (χ0v) is 11.2. The van der Waals surface area contributed by atoms with Crippen LogP contribution in [-0.4, -0.2) is 36.7 Å². The Kier molecular flexibility index (Phi) is 8.96. The van der Waals surface area contributed by atoms with Crippen molar-refractivity contribution in [1.29, 1.82) is 0 Å². The Balaban J connectivity index is 4.00. The van der Waals surface area contributed by atoms with E-state index in [9.17, 15) is 4.79 Å². The van der Waals surface area contributed by atoms with Gasteiger partial charge >= 0.3 is 5.97 Å². The molecule has 2 unspecified atom stereocenters. The molecule has 0 saturated heterocycles. The number of hydrogen-bond donors (Lipinski definition) is 1. The minimum Gasteiger partial charge on any atom is -0.478 e. The molecule has 104 valence electrons. The van der Waals surface area contributed by atoms with E-state index in [-0.39, 0.29) is 12.7 Å². The summed E-state index contributed by atoms with van der Waals surface area (Å²) in [5, 5.41) is 8.69. The summed E-state index contributed by atoms with van der Waals surface area (Å²) in [5.41, 5.74) is 0.314. The Morgan fingerprint density at radius 2 is 2.11 bits per heavy atom. The van der Waals surface area contributed by atoms with Crippen molar-refractivity contribution >= 4 is 5.97 Å². The van der Waals surface area contributed by atoms with E-state index in [1.54, 1.807) is 13.0 Å². The Bertz CT molecular complexity index is 285. The fraction of sp³-hybridized carbons (Fsp3) is 0.615. The molecule has 0 fully saturated rings. The first-order valence-electron chi connectivity index (χ1n) is 5.90.